The molecule has 0 bridgehead atoms. The fraction of sp³-hybridized carbons (Fsp3) is 0.882. The second-order valence-corrected chi connectivity index (χ2v) is 5.79. The van der Waals surface area contributed by atoms with Crippen LogP contribution in [0.1, 0.15) is 77.6 Å². The van der Waals surface area contributed by atoms with Crippen LogP contribution in [0.15, 0.2) is 0 Å². The molecule has 0 heterocycles. The number of imide groups is 1. The van der Waals surface area contributed by atoms with Crippen molar-refractivity contribution in [1.29, 1.82) is 0 Å². The summed E-state index contributed by atoms with van der Waals surface area (Å²) < 4.78 is 0. The van der Waals surface area contributed by atoms with Crippen molar-refractivity contribution >= 4 is 11.8 Å². The van der Waals surface area contributed by atoms with Gasteiger partial charge in [-0.2, -0.15) is 0 Å². The lowest BCUT2D eigenvalue weighted by atomic mass is 10.1. The molecule has 0 aliphatic heterocycles. The summed E-state index contributed by atoms with van der Waals surface area (Å²) >= 11 is 0. The Hall–Kier alpha value is -0.940. The number of amides is 2. The molecular formula is C17H33NO4. The van der Waals surface area contributed by atoms with E-state index in [1.54, 1.807) is 0 Å². The van der Waals surface area contributed by atoms with Crippen LogP contribution in [0.3, 0.4) is 0 Å². The van der Waals surface area contributed by atoms with Gasteiger partial charge in [0.25, 0.3) is 11.8 Å². The highest BCUT2D eigenvalue weighted by Crippen LogP contribution is 2.11. The summed E-state index contributed by atoms with van der Waals surface area (Å²) in [5.41, 5.74) is 0. The highest BCUT2D eigenvalue weighted by molar-refractivity contribution is 5.96. The lowest BCUT2D eigenvalue weighted by molar-refractivity contribution is -0.148. The molecule has 0 fully saturated rings. The van der Waals surface area contributed by atoms with Crippen LogP contribution in [0.2, 0.25) is 0 Å². The van der Waals surface area contributed by atoms with Gasteiger partial charge in [-0.1, -0.05) is 71.1 Å². The van der Waals surface area contributed by atoms with Gasteiger partial charge in [-0.05, 0) is 6.42 Å². The Morgan fingerprint density at radius 3 is 1.41 bits per heavy atom. The quantitative estimate of drug-likeness (QED) is 0.483. The molecule has 0 aliphatic rings. The molecule has 0 saturated heterocycles. The number of nitrogens with zero attached hydrogens (tertiary/aromatic N) is 1. The van der Waals surface area contributed by atoms with E-state index in [2.05, 4.69) is 6.92 Å². The Balaban J connectivity index is 3.54. The predicted molar refractivity (Wildman–Crippen MR) is 87.4 cm³/mol. The molecule has 0 unspecified atom stereocenters. The standard InChI is InChI=1S/C17H33NO4/c1-2-3-4-5-6-7-8-9-10-11-12-13-18(16(21)14-19)17(22)15-20/h19-20H,2-15H2,1H3. The molecule has 22 heavy (non-hydrogen) atoms. The fourth-order valence-electron chi connectivity index (χ4n) is 2.49. The average molecular weight is 315 g/mol. The Bertz CT molecular complexity index is 278. The van der Waals surface area contributed by atoms with E-state index in [0.29, 0.717) is 0 Å². The fourth-order valence-corrected chi connectivity index (χ4v) is 2.49. The van der Waals surface area contributed by atoms with E-state index < -0.39 is 25.0 Å². The van der Waals surface area contributed by atoms with Gasteiger partial charge in [0, 0.05) is 6.54 Å². The van der Waals surface area contributed by atoms with Gasteiger partial charge in [-0.25, -0.2) is 0 Å². The topological polar surface area (TPSA) is 77.8 Å². The third-order valence-corrected chi connectivity index (χ3v) is 3.86. The lowest BCUT2D eigenvalue weighted by Crippen LogP contribution is -2.41. The second kappa shape index (κ2) is 15.0. The van der Waals surface area contributed by atoms with Crippen LogP contribution in [0.5, 0.6) is 0 Å². The molecule has 0 spiro atoms. The van der Waals surface area contributed by atoms with Crippen LogP contribution >= 0.6 is 0 Å². The minimum absolute atomic E-state index is 0.288. The van der Waals surface area contributed by atoms with E-state index in [-0.39, 0.29) is 6.54 Å². The molecule has 130 valence electrons. The van der Waals surface area contributed by atoms with Gasteiger partial charge in [0.1, 0.15) is 13.2 Å². The smallest absolute Gasteiger partial charge is 0.254 e. The molecule has 5 heteroatoms. The van der Waals surface area contributed by atoms with E-state index in [1.807, 2.05) is 0 Å². The monoisotopic (exact) mass is 315 g/mol. The highest BCUT2D eigenvalue weighted by atomic mass is 16.3. The van der Waals surface area contributed by atoms with Gasteiger partial charge >= 0.3 is 0 Å². The summed E-state index contributed by atoms with van der Waals surface area (Å²) in [7, 11) is 0. The molecule has 0 atom stereocenters. The Labute approximate surface area is 134 Å². The zero-order valence-electron chi connectivity index (χ0n) is 14.1. The summed E-state index contributed by atoms with van der Waals surface area (Å²) in [6, 6.07) is 0. The number of carbonyl (C=O) groups excluding carboxylic acids is 2. The second-order valence-electron chi connectivity index (χ2n) is 5.79. The third-order valence-electron chi connectivity index (χ3n) is 3.86. The van der Waals surface area contributed by atoms with Crippen LogP contribution in [0.4, 0.5) is 0 Å². The number of unbranched alkanes of at least 4 members (excludes halogenated alkanes) is 10. The van der Waals surface area contributed by atoms with Crippen LogP contribution in [0, 0.1) is 0 Å². The number of carbonyl (C=O) groups is 2. The molecule has 0 aromatic rings. The first-order chi connectivity index (χ1) is 10.7. The van der Waals surface area contributed by atoms with Crippen molar-refractivity contribution in [2.24, 2.45) is 0 Å². The summed E-state index contributed by atoms with van der Waals surface area (Å²) in [5, 5.41) is 17.6. The maximum absolute atomic E-state index is 11.4. The highest BCUT2D eigenvalue weighted by Gasteiger charge is 2.18. The van der Waals surface area contributed by atoms with E-state index in [4.69, 9.17) is 10.2 Å². The van der Waals surface area contributed by atoms with Gasteiger partial charge in [0.2, 0.25) is 0 Å². The van der Waals surface area contributed by atoms with Crippen molar-refractivity contribution in [3.05, 3.63) is 0 Å². The number of hydrogen-bond acceptors (Lipinski definition) is 4. The van der Waals surface area contributed by atoms with Crippen molar-refractivity contribution in [3.8, 4) is 0 Å². The average Bonchev–Trinajstić information content (AvgIpc) is 2.54. The molecule has 0 saturated carbocycles. The number of aliphatic hydroxyl groups excluding tert-OH is 2. The minimum Gasteiger partial charge on any atom is -0.387 e. The zero-order valence-corrected chi connectivity index (χ0v) is 14.1. The van der Waals surface area contributed by atoms with Crippen LogP contribution in [0.25, 0.3) is 0 Å². The SMILES string of the molecule is CCCCCCCCCCCCCN(C(=O)CO)C(=O)CO. The van der Waals surface area contributed by atoms with Crippen LogP contribution in [-0.2, 0) is 9.59 Å². The molecular weight excluding hydrogens is 282 g/mol. The first kappa shape index (κ1) is 21.1. The van der Waals surface area contributed by atoms with E-state index in [0.717, 1.165) is 24.2 Å². The van der Waals surface area contributed by atoms with Crippen LogP contribution < -0.4 is 0 Å². The van der Waals surface area contributed by atoms with Crippen molar-refractivity contribution in [2.45, 2.75) is 77.6 Å². The Morgan fingerprint density at radius 1 is 0.682 bits per heavy atom. The molecule has 0 radical (unpaired) electrons. The summed E-state index contributed by atoms with van der Waals surface area (Å²) in [6.07, 6.45) is 13.2. The number of rotatable bonds is 14. The van der Waals surface area contributed by atoms with Gasteiger partial charge in [0.05, 0.1) is 0 Å². The predicted octanol–water partition coefficient (Wildman–Crippen LogP) is 2.64. The molecule has 0 aliphatic carbocycles. The molecule has 0 rings (SSSR count). The molecule has 2 amide bonds. The molecule has 2 N–H and O–H groups in total. The van der Waals surface area contributed by atoms with Crippen LogP contribution in [-0.4, -0.2) is 46.7 Å². The number of hydrogen-bond donors (Lipinski definition) is 2. The first-order valence-corrected chi connectivity index (χ1v) is 8.72. The summed E-state index contributed by atoms with van der Waals surface area (Å²) in [6.45, 7) is 1.13. The summed E-state index contributed by atoms with van der Waals surface area (Å²) in [5.74, 6) is -1.27. The molecule has 0 aromatic heterocycles. The normalized spacial score (nSPS) is 10.7. The van der Waals surface area contributed by atoms with Crippen molar-refractivity contribution in [2.75, 3.05) is 19.8 Å². The molecule has 0 aromatic carbocycles. The van der Waals surface area contributed by atoms with E-state index >= 15 is 0 Å². The van der Waals surface area contributed by atoms with Crippen molar-refractivity contribution < 1.29 is 19.8 Å². The number of aliphatic hydroxyl groups is 2. The molecule has 5 nitrogen and oxygen atoms in total. The summed E-state index contributed by atoms with van der Waals surface area (Å²) in [4.78, 5) is 23.7. The Kier molecular flexibility index (Phi) is 14.3. The Morgan fingerprint density at radius 2 is 1.05 bits per heavy atom. The van der Waals surface area contributed by atoms with Crippen molar-refractivity contribution in [3.63, 3.8) is 0 Å². The van der Waals surface area contributed by atoms with E-state index in [9.17, 15) is 9.59 Å². The van der Waals surface area contributed by atoms with E-state index in [1.165, 1.54) is 51.4 Å². The first-order valence-electron chi connectivity index (χ1n) is 8.72. The maximum Gasteiger partial charge on any atom is 0.254 e. The maximum atomic E-state index is 11.4. The lowest BCUT2D eigenvalue weighted by Gasteiger charge is -2.18. The minimum atomic E-state index is -0.691. The van der Waals surface area contributed by atoms with Gasteiger partial charge in [0.15, 0.2) is 0 Å². The van der Waals surface area contributed by atoms with Crippen molar-refractivity contribution in [1.82, 2.24) is 4.90 Å². The third kappa shape index (κ3) is 10.7. The van der Waals surface area contributed by atoms with Gasteiger partial charge in [-0.15, -0.1) is 0 Å². The van der Waals surface area contributed by atoms with Gasteiger partial charge < -0.3 is 10.2 Å². The zero-order chi connectivity index (χ0) is 16.6. The van der Waals surface area contributed by atoms with Gasteiger partial charge in [-0.3, -0.25) is 14.5 Å². The largest absolute Gasteiger partial charge is 0.387 e.